The molecule has 1 aliphatic rings. The van der Waals surface area contributed by atoms with Crippen LogP contribution in [0.25, 0.3) is 0 Å². The van der Waals surface area contributed by atoms with Gasteiger partial charge in [0.1, 0.15) is 6.54 Å². The van der Waals surface area contributed by atoms with Gasteiger partial charge < -0.3 is 0 Å². The van der Waals surface area contributed by atoms with Gasteiger partial charge in [-0.15, -0.1) is 0 Å². The van der Waals surface area contributed by atoms with Crippen LogP contribution in [0.2, 0.25) is 0 Å². The molecule has 56 valence electrons. The molecule has 1 nitrogen and oxygen atoms in total. The minimum absolute atomic E-state index is 0.300. The van der Waals surface area contributed by atoms with Crippen molar-refractivity contribution in [3.8, 4) is 0 Å². The van der Waals surface area contributed by atoms with Crippen LogP contribution in [0.1, 0.15) is 0 Å². The molecule has 0 N–H and O–H groups in total. The first-order valence-electron chi connectivity index (χ1n) is 2.75. The van der Waals surface area contributed by atoms with Gasteiger partial charge in [0.2, 0.25) is 0 Å². The largest absolute Gasteiger partial charge is 0.414 e. The molecule has 0 aromatic rings. The molecule has 0 aromatic carbocycles. The maximum Gasteiger partial charge on any atom is 0.414 e. The van der Waals surface area contributed by atoms with Crippen LogP contribution in [-0.4, -0.2) is 24.7 Å². The number of alkyl halides is 3. The molecule has 0 bridgehead atoms. The number of rotatable bonds is 0. The number of halogens is 3. The fraction of sp³-hybridized carbons (Fsp3) is 0.500. The lowest BCUT2D eigenvalue weighted by Gasteiger charge is -2.08. The molecule has 1 aliphatic heterocycles. The molecule has 0 amide bonds. The van der Waals surface area contributed by atoms with E-state index in [1.807, 2.05) is 0 Å². The van der Waals surface area contributed by atoms with Crippen molar-refractivity contribution < 1.29 is 13.2 Å². The van der Waals surface area contributed by atoms with E-state index in [0.29, 0.717) is 6.54 Å². The Labute approximate surface area is 57.1 Å². The molecule has 0 aliphatic carbocycles. The molecule has 4 heteroatoms. The summed E-state index contributed by atoms with van der Waals surface area (Å²) in [5.41, 5.74) is -0.671. The minimum atomic E-state index is -4.23. The summed E-state index contributed by atoms with van der Waals surface area (Å²) in [4.78, 5) is 1.36. The molecule has 0 aromatic heterocycles. The molecular weight excluding hydrogens is 143 g/mol. The zero-order valence-corrected chi connectivity index (χ0v) is 5.37. The topological polar surface area (TPSA) is 3.24 Å². The van der Waals surface area contributed by atoms with Crippen molar-refractivity contribution in [2.45, 2.75) is 6.18 Å². The van der Waals surface area contributed by atoms with E-state index >= 15 is 0 Å². The summed E-state index contributed by atoms with van der Waals surface area (Å²) < 4.78 is 35.3. The molecule has 0 saturated heterocycles. The Hall–Kier alpha value is -0.510. The van der Waals surface area contributed by atoms with Gasteiger partial charge in [-0.2, -0.15) is 13.2 Å². The van der Waals surface area contributed by atoms with Crippen molar-refractivity contribution in [2.75, 3.05) is 13.6 Å². The molecular formula is C6H6F3N. The van der Waals surface area contributed by atoms with Crippen LogP contribution in [-0.2, 0) is 0 Å². The second-order valence-electron chi connectivity index (χ2n) is 2.11. The van der Waals surface area contributed by atoms with Crippen molar-refractivity contribution in [3.05, 3.63) is 18.2 Å². The average Bonchev–Trinajstić information content (AvgIpc) is 2.11. The predicted molar refractivity (Wildman–Crippen MR) is 30.0 cm³/mol. The SMILES string of the molecule is CN1[C]C(C(F)(F)F)=CC1. The second-order valence-corrected chi connectivity index (χ2v) is 2.11. The Morgan fingerprint density at radius 2 is 2.20 bits per heavy atom. The van der Waals surface area contributed by atoms with Crippen molar-refractivity contribution in [3.63, 3.8) is 0 Å². The van der Waals surface area contributed by atoms with Crippen molar-refractivity contribution in [1.82, 2.24) is 4.90 Å². The first-order chi connectivity index (χ1) is 4.50. The lowest BCUT2D eigenvalue weighted by molar-refractivity contribution is -0.0903. The Morgan fingerprint density at radius 3 is 2.40 bits per heavy atom. The maximum atomic E-state index is 11.8. The van der Waals surface area contributed by atoms with Crippen molar-refractivity contribution in [1.29, 1.82) is 0 Å². The maximum absolute atomic E-state index is 11.8. The first-order valence-corrected chi connectivity index (χ1v) is 2.75. The standard InChI is InChI=1S/C6H6F3N/c1-10-3-2-5(4-10)6(7,8)9/h2H,3H2,1H3. The summed E-state index contributed by atoms with van der Waals surface area (Å²) in [6, 6.07) is 0. The molecule has 0 saturated carbocycles. The lowest BCUT2D eigenvalue weighted by Crippen LogP contribution is -2.15. The number of hydrogen-bond acceptors (Lipinski definition) is 1. The van der Waals surface area contributed by atoms with Crippen LogP contribution in [0.3, 0.4) is 0 Å². The summed E-state index contributed by atoms with van der Waals surface area (Å²) >= 11 is 0. The van der Waals surface area contributed by atoms with E-state index in [0.717, 1.165) is 6.08 Å². The fourth-order valence-corrected chi connectivity index (χ4v) is 0.704. The second kappa shape index (κ2) is 2.27. The summed E-state index contributed by atoms with van der Waals surface area (Å²) in [7, 11) is 1.55. The van der Waals surface area contributed by atoms with Crippen LogP contribution >= 0.6 is 0 Å². The summed E-state index contributed by atoms with van der Waals surface area (Å²) in [5, 5.41) is 0. The van der Waals surface area contributed by atoms with E-state index in [4.69, 9.17) is 0 Å². The number of likely N-dealkylation sites (N-methyl/N-ethyl adjacent to an activating group) is 1. The minimum Gasteiger partial charge on any atom is -0.289 e. The summed E-state index contributed by atoms with van der Waals surface area (Å²) in [6.07, 6.45) is -3.12. The molecule has 0 unspecified atom stereocenters. The molecule has 0 fully saturated rings. The van der Waals surface area contributed by atoms with Crippen molar-refractivity contribution in [2.24, 2.45) is 0 Å². The fourth-order valence-electron chi connectivity index (χ4n) is 0.704. The number of nitrogens with zero attached hydrogens (tertiary/aromatic N) is 1. The molecule has 0 spiro atoms. The third-order valence-electron chi connectivity index (χ3n) is 1.19. The van der Waals surface area contributed by atoms with Gasteiger partial charge in [0, 0.05) is 6.54 Å². The zero-order chi connectivity index (χ0) is 7.78. The molecule has 1 rings (SSSR count). The van der Waals surface area contributed by atoms with E-state index in [-0.39, 0.29) is 0 Å². The summed E-state index contributed by atoms with van der Waals surface area (Å²) in [6.45, 7) is 2.46. The van der Waals surface area contributed by atoms with E-state index in [9.17, 15) is 13.2 Å². The molecule has 0 atom stereocenters. The van der Waals surface area contributed by atoms with E-state index in [1.165, 1.54) is 4.90 Å². The van der Waals surface area contributed by atoms with Gasteiger partial charge in [-0.05, 0) is 7.05 Å². The van der Waals surface area contributed by atoms with Gasteiger partial charge in [0.05, 0.1) is 5.57 Å². The smallest absolute Gasteiger partial charge is 0.289 e. The van der Waals surface area contributed by atoms with E-state index in [2.05, 4.69) is 6.54 Å². The van der Waals surface area contributed by atoms with E-state index < -0.39 is 11.7 Å². The third-order valence-corrected chi connectivity index (χ3v) is 1.19. The van der Waals surface area contributed by atoms with Gasteiger partial charge in [0.15, 0.2) is 0 Å². The molecule has 2 radical (unpaired) electrons. The van der Waals surface area contributed by atoms with Gasteiger partial charge >= 0.3 is 6.18 Å². The quantitative estimate of drug-likeness (QED) is 0.504. The van der Waals surface area contributed by atoms with Gasteiger partial charge in [-0.25, -0.2) is 0 Å². The highest BCUT2D eigenvalue weighted by molar-refractivity contribution is 5.23. The normalized spacial score (nSPS) is 21.4. The Bertz CT molecular complexity index is 159. The van der Waals surface area contributed by atoms with Crippen LogP contribution in [0, 0.1) is 6.54 Å². The third kappa shape index (κ3) is 1.50. The zero-order valence-electron chi connectivity index (χ0n) is 5.37. The van der Waals surface area contributed by atoms with Crippen molar-refractivity contribution >= 4 is 0 Å². The Kier molecular flexibility index (Phi) is 1.72. The lowest BCUT2D eigenvalue weighted by atomic mass is 10.3. The summed E-state index contributed by atoms with van der Waals surface area (Å²) in [5.74, 6) is 0. The van der Waals surface area contributed by atoms with Crippen LogP contribution < -0.4 is 0 Å². The van der Waals surface area contributed by atoms with Crippen LogP contribution in [0.4, 0.5) is 13.2 Å². The monoisotopic (exact) mass is 149 g/mol. The first kappa shape index (κ1) is 7.60. The Balaban J connectivity index is 2.60. The number of hydrogen-bond donors (Lipinski definition) is 0. The predicted octanol–water partition coefficient (Wildman–Crippen LogP) is 1.46. The van der Waals surface area contributed by atoms with Crippen LogP contribution in [0.15, 0.2) is 11.6 Å². The highest BCUT2D eigenvalue weighted by Crippen LogP contribution is 2.30. The van der Waals surface area contributed by atoms with Gasteiger partial charge in [-0.3, -0.25) is 4.90 Å². The molecule has 1 heterocycles. The highest BCUT2D eigenvalue weighted by Gasteiger charge is 2.36. The van der Waals surface area contributed by atoms with Gasteiger partial charge in [-0.1, -0.05) is 6.08 Å². The highest BCUT2D eigenvalue weighted by atomic mass is 19.4. The van der Waals surface area contributed by atoms with Gasteiger partial charge in [0.25, 0.3) is 0 Å². The molecule has 10 heavy (non-hydrogen) atoms. The Morgan fingerprint density at radius 1 is 1.60 bits per heavy atom. The van der Waals surface area contributed by atoms with E-state index in [1.54, 1.807) is 7.05 Å². The van der Waals surface area contributed by atoms with Crippen LogP contribution in [0.5, 0.6) is 0 Å². The average molecular weight is 149 g/mol.